The first-order valence-electron chi connectivity index (χ1n) is 14.7. The molecular weight excluding hydrogens is 634 g/mol. The third-order valence-corrected chi connectivity index (χ3v) is 12.7. The number of thiazole rings is 1. The number of nitro benzene ring substituents is 1. The Hall–Kier alpha value is -3.93. The fraction of sp³-hybridized carbons (Fsp3) is 0.303. The Morgan fingerprint density at radius 1 is 1.02 bits per heavy atom. The maximum absolute atomic E-state index is 14.0. The number of nitro groups is 1. The van der Waals surface area contributed by atoms with Gasteiger partial charge < -0.3 is 9.72 Å². The first-order chi connectivity index (χ1) is 21.7. The summed E-state index contributed by atoms with van der Waals surface area (Å²) in [5, 5.41) is 13.2. The Balaban J connectivity index is 1.22. The monoisotopic (exact) mass is 659 g/mol. The average Bonchev–Trinajstić information content (AvgIpc) is 3.75. The number of amides is 2. The summed E-state index contributed by atoms with van der Waals surface area (Å²) in [4.78, 5) is 57.1. The highest BCUT2D eigenvalue weighted by molar-refractivity contribution is 8.00. The number of hydrogen-bond donors (Lipinski definition) is 1. The number of imide groups is 1. The smallest absolute Gasteiger partial charge is 0.305 e. The van der Waals surface area contributed by atoms with E-state index in [0.717, 1.165) is 32.4 Å². The predicted molar refractivity (Wildman–Crippen MR) is 171 cm³/mol. The second-order valence-corrected chi connectivity index (χ2v) is 14.8. The van der Waals surface area contributed by atoms with Crippen molar-refractivity contribution in [2.45, 2.75) is 36.1 Å². The number of H-pyrrole nitrogens is 1. The molecule has 2 aliphatic heterocycles. The van der Waals surface area contributed by atoms with Gasteiger partial charge in [-0.3, -0.25) is 29.4 Å². The van der Waals surface area contributed by atoms with Crippen LogP contribution in [0.1, 0.15) is 33.9 Å². The van der Waals surface area contributed by atoms with Crippen molar-refractivity contribution in [2.24, 2.45) is 29.6 Å². The third-order valence-electron chi connectivity index (χ3n) is 9.82. The Morgan fingerprint density at radius 2 is 1.78 bits per heavy atom. The Bertz CT molecular complexity index is 1960. The van der Waals surface area contributed by atoms with E-state index in [9.17, 15) is 24.5 Å². The molecule has 1 N–H and O–H groups in total. The topological polar surface area (TPSA) is 123 Å². The van der Waals surface area contributed by atoms with E-state index in [-0.39, 0.29) is 52.0 Å². The molecule has 1 aromatic heterocycles. The zero-order valence-corrected chi connectivity index (χ0v) is 26.2. The van der Waals surface area contributed by atoms with Crippen LogP contribution in [0.2, 0.25) is 5.02 Å². The largest absolute Gasteiger partial charge is 0.489 e. The van der Waals surface area contributed by atoms with Gasteiger partial charge in [0.1, 0.15) is 12.4 Å². The lowest BCUT2D eigenvalue weighted by atomic mass is 9.68. The highest BCUT2D eigenvalue weighted by atomic mass is 35.5. The highest BCUT2D eigenvalue weighted by Crippen LogP contribution is 2.69. The van der Waals surface area contributed by atoms with Gasteiger partial charge in [-0.15, -0.1) is 11.8 Å². The highest BCUT2D eigenvalue weighted by Gasteiger charge is 2.70. The zero-order valence-electron chi connectivity index (χ0n) is 23.8. The molecule has 2 bridgehead atoms. The van der Waals surface area contributed by atoms with Crippen molar-refractivity contribution in [3.05, 3.63) is 113 Å². The Morgan fingerprint density at radius 3 is 2.51 bits per heavy atom. The summed E-state index contributed by atoms with van der Waals surface area (Å²) >= 11 is 8.76. The first-order valence-corrected chi connectivity index (χ1v) is 16.8. The molecule has 1 saturated heterocycles. The van der Waals surface area contributed by atoms with Gasteiger partial charge in [0, 0.05) is 38.8 Å². The van der Waals surface area contributed by atoms with Gasteiger partial charge in [0.05, 0.1) is 27.5 Å². The summed E-state index contributed by atoms with van der Waals surface area (Å²) < 4.78 is 6.37. The van der Waals surface area contributed by atoms with E-state index in [2.05, 4.69) is 4.98 Å². The number of aromatic nitrogens is 1. The molecule has 6 unspecified atom stereocenters. The summed E-state index contributed by atoms with van der Waals surface area (Å²) in [6.45, 7) is 2.26. The second kappa shape index (κ2) is 10.6. The van der Waals surface area contributed by atoms with Gasteiger partial charge in [-0.25, -0.2) is 0 Å². The first kappa shape index (κ1) is 28.5. The number of benzene rings is 3. The number of nitrogens with zero attached hydrogens (tertiary/aromatic N) is 2. The number of carbonyl (C=O) groups is 2. The van der Waals surface area contributed by atoms with Crippen molar-refractivity contribution in [3.8, 4) is 5.75 Å². The number of fused-ring (bicyclic) bond motifs is 9. The Kier molecular flexibility index (Phi) is 6.70. The molecule has 4 aromatic rings. The van der Waals surface area contributed by atoms with Crippen LogP contribution in [0.5, 0.6) is 5.75 Å². The molecule has 12 heteroatoms. The summed E-state index contributed by atoms with van der Waals surface area (Å²) in [6.07, 6.45) is 0.702. The van der Waals surface area contributed by atoms with Crippen molar-refractivity contribution in [1.29, 1.82) is 0 Å². The molecule has 45 heavy (non-hydrogen) atoms. The van der Waals surface area contributed by atoms with Crippen LogP contribution in [-0.2, 0) is 16.2 Å². The quantitative estimate of drug-likeness (QED) is 0.141. The Labute approximate surface area is 270 Å². The SMILES string of the molecule is Cc1cccc(COc2ccc([N+](=O)[O-])cc2[C@H]2c3sc(=O)[nH]c3SC3C4CC(C5C(=O)N(c6ccc(Cl)cc6)C(=O)C45)C32)c1. The van der Waals surface area contributed by atoms with Gasteiger partial charge >= 0.3 is 4.87 Å². The summed E-state index contributed by atoms with van der Waals surface area (Å²) in [6, 6.07) is 19.3. The van der Waals surface area contributed by atoms with Crippen molar-refractivity contribution in [2.75, 3.05) is 4.90 Å². The van der Waals surface area contributed by atoms with Crippen LogP contribution in [-0.4, -0.2) is 27.0 Å². The van der Waals surface area contributed by atoms with E-state index >= 15 is 0 Å². The van der Waals surface area contributed by atoms with Crippen LogP contribution >= 0.6 is 34.7 Å². The van der Waals surface area contributed by atoms with Crippen LogP contribution < -0.4 is 14.5 Å². The number of nitrogens with one attached hydrogen (secondary N) is 1. The minimum atomic E-state index is -0.505. The number of anilines is 1. The number of halogens is 1. The second-order valence-electron chi connectivity index (χ2n) is 12.2. The van der Waals surface area contributed by atoms with Crippen molar-refractivity contribution < 1.29 is 19.2 Å². The summed E-state index contributed by atoms with van der Waals surface area (Å²) in [7, 11) is 0. The molecule has 2 aliphatic carbocycles. The fourth-order valence-corrected chi connectivity index (χ4v) is 11.2. The third kappa shape index (κ3) is 4.46. The van der Waals surface area contributed by atoms with E-state index in [1.165, 1.54) is 11.0 Å². The number of non-ortho nitro benzene ring substituents is 1. The molecule has 9 nitrogen and oxygen atoms in total. The predicted octanol–water partition coefficient (Wildman–Crippen LogP) is 6.56. The molecule has 3 aromatic carbocycles. The number of carbonyl (C=O) groups excluding carboxylic acids is 2. The normalized spacial score (nSPS) is 27.8. The van der Waals surface area contributed by atoms with Crippen molar-refractivity contribution in [3.63, 3.8) is 0 Å². The molecule has 228 valence electrons. The van der Waals surface area contributed by atoms with Crippen LogP contribution in [0.3, 0.4) is 0 Å². The summed E-state index contributed by atoms with van der Waals surface area (Å²) in [5.41, 5.74) is 3.11. The van der Waals surface area contributed by atoms with E-state index < -0.39 is 22.7 Å². The summed E-state index contributed by atoms with van der Waals surface area (Å²) in [5.74, 6) is -1.67. The zero-order chi connectivity index (χ0) is 31.1. The fourth-order valence-electron chi connectivity index (χ4n) is 8.20. The molecule has 0 spiro atoms. The maximum Gasteiger partial charge on any atom is 0.305 e. The molecule has 8 rings (SSSR count). The minimum absolute atomic E-state index is 0.0650. The minimum Gasteiger partial charge on any atom is -0.489 e. The van der Waals surface area contributed by atoms with Gasteiger partial charge in [0.15, 0.2) is 0 Å². The van der Waals surface area contributed by atoms with Crippen LogP contribution in [0.15, 0.2) is 76.6 Å². The lowest BCUT2D eigenvalue weighted by Gasteiger charge is -2.43. The molecule has 2 saturated carbocycles. The lowest BCUT2D eigenvalue weighted by molar-refractivity contribution is -0.385. The molecular formula is C33H26ClN3O6S2. The van der Waals surface area contributed by atoms with E-state index in [1.807, 2.05) is 31.2 Å². The number of ether oxygens (including phenoxy) is 1. The van der Waals surface area contributed by atoms with E-state index in [4.69, 9.17) is 16.3 Å². The van der Waals surface area contributed by atoms with E-state index in [1.54, 1.807) is 48.2 Å². The van der Waals surface area contributed by atoms with Crippen molar-refractivity contribution >= 4 is 57.9 Å². The molecule has 2 amide bonds. The number of thioether (sulfide) groups is 1. The van der Waals surface area contributed by atoms with Crippen LogP contribution in [0.4, 0.5) is 11.4 Å². The lowest BCUT2D eigenvalue weighted by Crippen LogP contribution is -2.42. The maximum atomic E-state index is 14.0. The molecule has 7 atom stereocenters. The standard InChI is InChI=1S/C33H26ClN3O6S2/c1-15-3-2-4-16(11-15)14-43-23-10-9-19(37(41)42)12-20(23)24-25-21-13-22(28(25)44-30-29(24)45-33(40)35-30)27-26(21)31(38)36(32(27)39)18-7-5-17(34)6-8-18/h2-12,21-22,24-28H,13-14H2,1H3,(H,35,40)/t21?,22?,24-,25?,26?,27?,28?/m1/s1. The number of rotatable bonds is 6. The molecule has 4 aliphatic rings. The van der Waals surface area contributed by atoms with Gasteiger partial charge in [0.2, 0.25) is 11.8 Å². The van der Waals surface area contributed by atoms with Gasteiger partial charge in [-0.1, -0.05) is 52.8 Å². The molecule has 0 radical (unpaired) electrons. The number of hydrogen-bond acceptors (Lipinski definition) is 8. The van der Waals surface area contributed by atoms with Crippen molar-refractivity contribution in [1.82, 2.24) is 4.98 Å². The van der Waals surface area contributed by atoms with Crippen LogP contribution in [0.25, 0.3) is 0 Å². The van der Waals surface area contributed by atoms with Gasteiger partial charge in [-0.05, 0) is 67.0 Å². The van der Waals surface area contributed by atoms with Gasteiger partial charge in [0.25, 0.3) is 5.69 Å². The number of aryl methyl sites for hydroxylation is 1. The number of aromatic amines is 1. The molecule has 3 fully saturated rings. The van der Waals surface area contributed by atoms with Crippen LogP contribution in [0, 0.1) is 46.6 Å². The van der Waals surface area contributed by atoms with E-state index in [0.29, 0.717) is 28.4 Å². The average molecular weight is 660 g/mol. The van der Waals surface area contributed by atoms with Gasteiger partial charge in [-0.2, -0.15) is 0 Å². The molecule has 3 heterocycles.